The summed E-state index contributed by atoms with van der Waals surface area (Å²) in [7, 11) is 1.28. The first-order valence-corrected chi connectivity index (χ1v) is 5.57. The lowest BCUT2D eigenvalue weighted by molar-refractivity contribution is -0.147. The minimum atomic E-state index is -1.00. The van der Waals surface area contributed by atoms with Gasteiger partial charge in [-0.3, -0.25) is 14.9 Å². The summed E-state index contributed by atoms with van der Waals surface area (Å²) in [6, 6.07) is 0. The van der Waals surface area contributed by atoms with E-state index in [-0.39, 0.29) is 6.54 Å². The van der Waals surface area contributed by atoms with E-state index < -0.39 is 17.5 Å². The molecular weight excluding hydrogens is 210 g/mol. The largest absolute Gasteiger partial charge is 0.480 e. The van der Waals surface area contributed by atoms with Gasteiger partial charge < -0.3 is 9.84 Å². The Labute approximate surface area is 96.2 Å². The van der Waals surface area contributed by atoms with Crippen LogP contribution in [0.15, 0.2) is 0 Å². The van der Waals surface area contributed by atoms with Crippen LogP contribution in [0.1, 0.15) is 39.5 Å². The number of carbonyl (C=O) groups is 2. The van der Waals surface area contributed by atoms with Crippen LogP contribution in [0.3, 0.4) is 0 Å². The number of hydrogen-bond donors (Lipinski definition) is 2. The Morgan fingerprint density at radius 2 is 1.75 bits per heavy atom. The molecule has 0 unspecified atom stereocenters. The highest BCUT2D eigenvalue weighted by atomic mass is 16.5. The molecule has 0 aliphatic carbocycles. The fraction of sp³-hybridized carbons (Fsp3) is 0.818. The zero-order valence-electron chi connectivity index (χ0n) is 10.2. The zero-order chi connectivity index (χ0) is 12.6. The van der Waals surface area contributed by atoms with E-state index in [1.165, 1.54) is 7.11 Å². The number of esters is 1. The standard InChI is InChI=1S/C11H21NO4/c1-4-6-11(7-5-2,10(14)15)12-8-9(13)16-3/h12H,4-8H2,1-3H3,(H,14,15). The monoisotopic (exact) mass is 231 g/mol. The molecule has 0 atom stereocenters. The minimum Gasteiger partial charge on any atom is -0.480 e. The molecule has 0 aliphatic rings. The Balaban J connectivity index is 4.60. The summed E-state index contributed by atoms with van der Waals surface area (Å²) < 4.78 is 4.49. The van der Waals surface area contributed by atoms with Crippen molar-refractivity contribution in [1.82, 2.24) is 5.32 Å². The van der Waals surface area contributed by atoms with Crippen LogP contribution in [0.5, 0.6) is 0 Å². The third kappa shape index (κ3) is 4.18. The highest BCUT2D eigenvalue weighted by molar-refractivity contribution is 5.80. The van der Waals surface area contributed by atoms with Gasteiger partial charge in [0.2, 0.25) is 0 Å². The summed E-state index contributed by atoms with van der Waals surface area (Å²) in [5, 5.41) is 12.1. The number of carboxylic acid groups (broad SMARTS) is 1. The van der Waals surface area contributed by atoms with Crippen LogP contribution in [0, 0.1) is 0 Å². The predicted octanol–water partition coefficient (Wildman–Crippen LogP) is 1.17. The molecule has 2 N–H and O–H groups in total. The molecule has 0 spiro atoms. The third-order valence-corrected chi connectivity index (χ3v) is 2.56. The van der Waals surface area contributed by atoms with E-state index in [1.54, 1.807) is 0 Å². The van der Waals surface area contributed by atoms with E-state index in [1.807, 2.05) is 13.8 Å². The Bertz CT molecular complexity index is 234. The van der Waals surface area contributed by atoms with Gasteiger partial charge in [0, 0.05) is 0 Å². The van der Waals surface area contributed by atoms with Gasteiger partial charge in [0.25, 0.3) is 0 Å². The molecule has 0 amide bonds. The van der Waals surface area contributed by atoms with E-state index in [4.69, 9.17) is 0 Å². The number of hydrogen-bond acceptors (Lipinski definition) is 4. The number of rotatable bonds is 8. The normalized spacial score (nSPS) is 11.2. The molecule has 0 saturated carbocycles. The van der Waals surface area contributed by atoms with Gasteiger partial charge in [-0.1, -0.05) is 26.7 Å². The lowest BCUT2D eigenvalue weighted by atomic mass is 9.88. The molecule has 0 bridgehead atoms. The molecule has 0 aliphatic heterocycles. The van der Waals surface area contributed by atoms with Crippen molar-refractivity contribution in [1.29, 1.82) is 0 Å². The number of ether oxygens (including phenoxy) is 1. The predicted molar refractivity (Wildman–Crippen MR) is 60.2 cm³/mol. The average Bonchev–Trinajstić information content (AvgIpc) is 2.25. The van der Waals surface area contributed by atoms with E-state index in [2.05, 4.69) is 10.1 Å². The summed E-state index contributed by atoms with van der Waals surface area (Å²) in [6.07, 6.45) is 2.52. The van der Waals surface area contributed by atoms with E-state index in [9.17, 15) is 14.7 Å². The lowest BCUT2D eigenvalue weighted by Crippen LogP contribution is -2.53. The second kappa shape index (κ2) is 7.22. The first-order valence-electron chi connectivity index (χ1n) is 5.57. The minimum absolute atomic E-state index is 0.0667. The SMILES string of the molecule is CCCC(CCC)(NCC(=O)OC)C(=O)O. The van der Waals surface area contributed by atoms with Crippen molar-refractivity contribution in [3.63, 3.8) is 0 Å². The Hall–Kier alpha value is -1.10. The molecule has 5 nitrogen and oxygen atoms in total. The molecule has 0 aromatic heterocycles. The molecule has 94 valence electrons. The van der Waals surface area contributed by atoms with Gasteiger partial charge in [-0.15, -0.1) is 0 Å². The smallest absolute Gasteiger partial charge is 0.323 e. The van der Waals surface area contributed by atoms with Gasteiger partial charge in [-0.2, -0.15) is 0 Å². The van der Waals surface area contributed by atoms with Gasteiger partial charge in [0.05, 0.1) is 13.7 Å². The van der Waals surface area contributed by atoms with Crippen LogP contribution in [-0.4, -0.2) is 36.2 Å². The molecule has 5 heteroatoms. The number of aliphatic carboxylic acids is 1. The van der Waals surface area contributed by atoms with Crippen LogP contribution in [-0.2, 0) is 14.3 Å². The van der Waals surface area contributed by atoms with E-state index in [0.29, 0.717) is 12.8 Å². The molecular formula is C11H21NO4. The topological polar surface area (TPSA) is 75.6 Å². The molecule has 0 fully saturated rings. The van der Waals surface area contributed by atoms with Crippen molar-refractivity contribution in [2.75, 3.05) is 13.7 Å². The highest BCUT2D eigenvalue weighted by Crippen LogP contribution is 2.20. The van der Waals surface area contributed by atoms with Crippen LogP contribution >= 0.6 is 0 Å². The number of methoxy groups -OCH3 is 1. The average molecular weight is 231 g/mol. The van der Waals surface area contributed by atoms with Crippen molar-refractivity contribution in [2.24, 2.45) is 0 Å². The molecule has 0 heterocycles. The second-order valence-corrected chi connectivity index (χ2v) is 3.82. The van der Waals surface area contributed by atoms with E-state index in [0.717, 1.165) is 12.8 Å². The number of nitrogens with one attached hydrogen (secondary N) is 1. The van der Waals surface area contributed by atoms with Gasteiger partial charge >= 0.3 is 11.9 Å². The first kappa shape index (κ1) is 14.9. The number of carbonyl (C=O) groups excluding carboxylic acids is 1. The highest BCUT2D eigenvalue weighted by Gasteiger charge is 2.36. The first-order chi connectivity index (χ1) is 7.52. The maximum absolute atomic E-state index is 11.3. The van der Waals surface area contributed by atoms with Crippen LogP contribution < -0.4 is 5.32 Å². The molecule has 16 heavy (non-hydrogen) atoms. The fourth-order valence-electron chi connectivity index (χ4n) is 1.76. The lowest BCUT2D eigenvalue weighted by Gasteiger charge is -2.29. The Morgan fingerprint density at radius 3 is 2.06 bits per heavy atom. The van der Waals surface area contributed by atoms with E-state index >= 15 is 0 Å². The summed E-state index contributed by atoms with van der Waals surface area (Å²) in [4.78, 5) is 22.3. The van der Waals surface area contributed by atoms with Crippen LogP contribution in [0.2, 0.25) is 0 Å². The van der Waals surface area contributed by atoms with Gasteiger partial charge in [-0.25, -0.2) is 0 Å². The molecule has 0 aromatic rings. The quantitative estimate of drug-likeness (QED) is 0.613. The van der Waals surface area contributed by atoms with Crippen molar-refractivity contribution in [2.45, 2.75) is 45.1 Å². The fourth-order valence-corrected chi connectivity index (χ4v) is 1.76. The van der Waals surface area contributed by atoms with Gasteiger partial charge in [0.15, 0.2) is 0 Å². The summed E-state index contributed by atoms with van der Waals surface area (Å²) in [6.45, 7) is 3.78. The maximum atomic E-state index is 11.3. The summed E-state index contributed by atoms with van der Waals surface area (Å²) >= 11 is 0. The molecule has 0 radical (unpaired) electrons. The van der Waals surface area contributed by atoms with Crippen molar-refractivity contribution >= 4 is 11.9 Å². The van der Waals surface area contributed by atoms with Crippen molar-refractivity contribution in [3.05, 3.63) is 0 Å². The number of carboxylic acids is 1. The molecule has 0 rings (SSSR count). The van der Waals surface area contributed by atoms with Gasteiger partial charge in [0.1, 0.15) is 5.54 Å². The Morgan fingerprint density at radius 1 is 1.25 bits per heavy atom. The van der Waals surface area contributed by atoms with Crippen LogP contribution in [0.25, 0.3) is 0 Å². The zero-order valence-corrected chi connectivity index (χ0v) is 10.2. The van der Waals surface area contributed by atoms with Crippen molar-refractivity contribution < 1.29 is 19.4 Å². The summed E-state index contributed by atoms with van der Waals surface area (Å²) in [5.74, 6) is -1.35. The van der Waals surface area contributed by atoms with Crippen LogP contribution in [0.4, 0.5) is 0 Å². The molecule has 0 aromatic carbocycles. The second-order valence-electron chi connectivity index (χ2n) is 3.82. The molecule has 0 saturated heterocycles. The Kier molecular flexibility index (Phi) is 6.72. The third-order valence-electron chi connectivity index (χ3n) is 2.56. The van der Waals surface area contributed by atoms with Crippen molar-refractivity contribution in [3.8, 4) is 0 Å². The summed E-state index contributed by atoms with van der Waals surface area (Å²) in [5.41, 5.74) is -1.00. The van der Waals surface area contributed by atoms with Gasteiger partial charge in [-0.05, 0) is 12.8 Å². The maximum Gasteiger partial charge on any atom is 0.323 e.